The fraction of sp³-hybridized carbons (Fsp3) is 0.818. The van der Waals surface area contributed by atoms with E-state index in [1.807, 2.05) is 6.92 Å². The fourth-order valence-electron chi connectivity index (χ4n) is 2.35. The Hall–Kier alpha value is -1.26. The van der Waals surface area contributed by atoms with Crippen LogP contribution in [-0.4, -0.2) is 35.4 Å². The first-order valence-corrected chi connectivity index (χ1v) is 5.71. The maximum absolute atomic E-state index is 12.2. The predicted molar refractivity (Wildman–Crippen MR) is 62.2 cm³/mol. The molecule has 1 rings (SSSR count). The largest absolute Gasteiger partial charge is 0.409 e. The van der Waals surface area contributed by atoms with Gasteiger partial charge in [-0.15, -0.1) is 0 Å². The van der Waals surface area contributed by atoms with E-state index in [1.165, 1.54) is 6.42 Å². The van der Waals surface area contributed by atoms with Gasteiger partial charge in [-0.2, -0.15) is 0 Å². The molecule has 0 aromatic rings. The van der Waals surface area contributed by atoms with Gasteiger partial charge in [0.05, 0.1) is 6.54 Å². The number of likely N-dealkylation sites (N-methyl/N-ethyl adjacent to an activating group) is 1. The molecule has 0 aromatic heterocycles. The highest BCUT2D eigenvalue weighted by Gasteiger charge is 2.36. The summed E-state index contributed by atoms with van der Waals surface area (Å²) in [6.45, 7) is 2.20. The van der Waals surface area contributed by atoms with Gasteiger partial charge in [-0.25, -0.2) is 0 Å². The molecule has 5 heteroatoms. The molecule has 5 nitrogen and oxygen atoms in total. The highest BCUT2D eigenvalue weighted by molar-refractivity contribution is 5.89. The molecule has 0 aromatic carbocycles. The summed E-state index contributed by atoms with van der Waals surface area (Å²) in [6.07, 6.45) is 5.31. The number of hydrogen-bond acceptors (Lipinski definition) is 3. The summed E-state index contributed by atoms with van der Waals surface area (Å²) in [5.74, 6) is 0.161. The van der Waals surface area contributed by atoms with E-state index in [1.54, 1.807) is 11.9 Å². The van der Waals surface area contributed by atoms with Crippen LogP contribution in [0.25, 0.3) is 0 Å². The van der Waals surface area contributed by atoms with Gasteiger partial charge in [-0.1, -0.05) is 31.3 Å². The monoisotopic (exact) mass is 227 g/mol. The smallest absolute Gasteiger partial charge is 0.228 e. The second-order valence-electron chi connectivity index (χ2n) is 4.87. The first kappa shape index (κ1) is 12.8. The SMILES string of the molecule is CN(CC(N)=NO)C(=O)C1(C)CCCCC1. The lowest BCUT2D eigenvalue weighted by atomic mass is 9.75. The van der Waals surface area contributed by atoms with Crippen LogP contribution in [0.2, 0.25) is 0 Å². The Morgan fingerprint density at radius 3 is 2.50 bits per heavy atom. The third-order valence-corrected chi connectivity index (χ3v) is 3.35. The second-order valence-corrected chi connectivity index (χ2v) is 4.87. The van der Waals surface area contributed by atoms with Crippen LogP contribution in [0.1, 0.15) is 39.0 Å². The molecule has 0 unspecified atom stereocenters. The van der Waals surface area contributed by atoms with Gasteiger partial charge in [0.2, 0.25) is 5.91 Å². The van der Waals surface area contributed by atoms with Gasteiger partial charge in [0.25, 0.3) is 0 Å². The van der Waals surface area contributed by atoms with Gasteiger partial charge in [-0.05, 0) is 12.8 Å². The lowest BCUT2D eigenvalue weighted by Crippen LogP contribution is -2.44. The first-order valence-electron chi connectivity index (χ1n) is 5.71. The molecule has 0 spiro atoms. The zero-order chi connectivity index (χ0) is 12.2. The number of hydrogen-bond donors (Lipinski definition) is 2. The first-order chi connectivity index (χ1) is 7.49. The summed E-state index contributed by atoms with van der Waals surface area (Å²) in [5, 5.41) is 11.3. The molecule has 0 atom stereocenters. The van der Waals surface area contributed by atoms with Crippen molar-refractivity contribution in [3.05, 3.63) is 0 Å². The normalized spacial score (nSPS) is 20.5. The molecule has 16 heavy (non-hydrogen) atoms. The Bertz CT molecular complexity index is 283. The van der Waals surface area contributed by atoms with Crippen molar-refractivity contribution in [2.75, 3.05) is 13.6 Å². The zero-order valence-corrected chi connectivity index (χ0v) is 10.1. The summed E-state index contributed by atoms with van der Waals surface area (Å²) >= 11 is 0. The third-order valence-electron chi connectivity index (χ3n) is 3.35. The van der Waals surface area contributed by atoms with Gasteiger partial charge in [-0.3, -0.25) is 4.79 Å². The predicted octanol–water partition coefficient (Wildman–Crippen LogP) is 1.16. The number of oxime groups is 1. The van der Waals surface area contributed by atoms with Gasteiger partial charge in [0.15, 0.2) is 5.84 Å². The average molecular weight is 227 g/mol. The molecule has 0 bridgehead atoms. The lowest BCUT2D eigenvalue weighted by molar-refractivity contribution is -0.140. The van der Waals surface area contributed by atoms with Gasteiger partial charge < -0.3 is 15.8 Å². The van der Waals surface area contributed by atoms with E-state index in [4.69, 9.17) is 10.9 Å². The van der Waals surface area contributed by atoms with Crippen LogP contribution in [0.15, 0.2) is 5.16 Å². The van der Waals surface area contributed by atoms with E-state index in [2.05, 4.69) is 5.16 Å². The minimum Gasteiger partial charge on any atom is -0.409 e. The Morgan fingerprint density at radius 1 is 1.44 bits per heavy atom. The molecule has 3 N–H and O–H groups in total. The van der Waals surface area contributed by atoms with E-state index < -0.39 is 0 Å². The topological polar surface area (TPSA) is 78.9 Å². The number of amides is 1. The average Bonchev–Trinajstić information content (AvgIpc) is 2.28. The Kier molecular flexibility index (Phi) is 4.15. The molecular formula is C11H21N3O2. The lowest BCUT2D eigenvalue weighted by Gasteiger charge is -2.35. The van der Waals surface area contributed by atoms with Gasteiger partial charge in [0, 0.05) is 12.5 Å². The van der Waals surface area contributed by atoms with E-state index in [0.29, 0.717) is 0 Å². The molecule has 1 fully saturated rings. The van der Waals surface area contributed by atoms with Crippen LogP contribution in [0, 0.1) is 5.41 Å². The van der Waals surface area contributed by atoms with Crippen LogP contribution < -0.4 is 5.73 Å². The van der Waals surface area contributed by atoms with Crippen LogP contribution in [0.5, 0.6) is 0 Å². The molecule has 1 aliphatic carbocycles. The summed E-state index contributed by atoms with van der Waals surface area (Å²) in [6, 6.07) is 0. The minimum absolute atomic E-state index is 0.0651. The van der Waals surface area contributed by atoms with Crippen molar-refractivity contribution >= 4 is 11.7 Å². The highest BCUT2D eigenvalue weighted by Crippen LogP contribution is 2.37. The molecule has 1 aliphatic rings. The third kappa shape index (κ3) is 2.87. The minimum atomic E-state index is -0.261. The van der Waals surface area contributed by atoms with Crippen LogP contribution in [0.3, 0.4) is 0 Å². The van der Waals surface area contributed by atoms with E-state index in [0.717, 1.165) is 25.7 Å². The van der Waals surface area contributed by atoms with Gasteiger partial charge >= 0.3 is 0 Å². The van der Waals surface area contributed by atoms with Crippen LogP contribution in [-0.2, 0) is 4.79 Å². The van der Waals surface area contributed by atoms with Crippen molar-refractivity contribution < 1.29 is 10.0 Å². The van der Waals surface area contributed by atoms with Crippen molar-refractivity contribution in [1.82, 2.24) is 4.90 Å². The van der Waals surface area contributed by atoms with Crippen molar-refractivity contribution in [1.29, 1.82) is 0 Å². The molecule has 0 radical (unpaired) electrons. The number of carbonyl (C=O) groups excluding carboxylic acids is 1. The summed E-state index contributed by atoms with van der Waals surface area (Å²) in [5.41, 5.74) is 5.13. The van der Waals surface area contributed by atoms with Crippen molar-refractivity contribution in [3.63, 3.8) is 0 Å². The van der Waals surface area contributed by atoms with Crippen LogP contribution >= 0.6 is 0 Å². The Balaban J connectivity index is 2.61. The summed E-state index contributed by atoms with van der Waals surface area (Å²) in [4.78, 5) is 13.7. The fourth-order valence-corrected chi connectivity index (χ4v) is 2.35. The number of rotatable bonds is 3. The number of amidine groups is 1. The maximum atomic E-state index is 12.2. The zero-order valence-electron chi connectivity index (χ0n) is 10.1. The molecule has 92 valence electrons. The van der Waals surface area contributed by atoms with Gasteiger partial charge in [0.1, 0.15) is 0 Å². The van der Waals surface area contributed by atoms with E-state index in [-0.39, 0.29) is 23.7 Å². The maximum Gasteiger partial charge on any atom is 0.228 e. The van der Waals surface area contributed by atoms with Crippen molar-refractivity contribution in [2.45, 2.75) is 39.0 Å². The van der Waals surface area contributed by atoms with Crippen LogP contribution in [0.4, 0.5) is 0 Å². The number of nitrogens with zero attached hydrogens (tertiary/aromatic N) is 2. The van der Waals surface area contributed by atoms with Crippen molar-refractivity contribution in [3.8, 4) is 0 Å². The standard InChI is InChI=1S/C11H21N3O2/c1-11(6-4-3-5-7-11)10(15)14(2)8-9(12)13-16/h16H,3-8H2,1-2H3,(H2,12,13). The number of carbonyl (C=O) groups is 1. The molecule has 1 saturated carbocycles. The molecule has 1 amide bonds. The quantitative estimate of drug-likeness (QED) is 0.329. The summed E-state index contributed by atoms with van der Waals surface area (Å²) < 4.78 is 0. The molecule has 0 heterocycles. The summed E-state index contributed by atoms with van der Waals surface area (Å²) in [7, 11) is 1.69. The highest BCUT2D eigenvalue weighted by atomic mass is 16.4. The van der Waals surface area contributed by atoms with E-state index >= 15 is 0 Å². The Morgan fingerprint density at radius 2 is 2.00 bits per heavy atom. The molecular weight excluding hydrogens is 206 g/mol. The van der Waals surface area contributed by atoms with Crippen molar-refractivity contribution in [2.24, 2.45) is 16.3 Å². The Labute approximate surface area is 96.3 Å². The molecule has 0 aliphatic heterocycles. The second kappa shape index (κ2) is 5.18. The van der Waals surface area contributed by atoms with E-state index in [9.17, 15) is 4.79 Å². The molecule has 0 saturated heterocycles. The number of nitrogens with two attached hydrogens (primary N) is 1.